The molecule has 10 nitrogen and oxygen atoms in total. The van der Waals surface area contributed by atoms with Crippen molar-refractivity contribution in [2.24, 2.45) is 35.5 Å². The predicted octanol–water partition coefficient (Wildman–Crippen LogP) is 11.1. The van der Waals surface area contributed by atoms with Crippen LogP contribution in [0.5, 0.6) is 0 Å². The van der Waals surface area contributed by atoms with E-state index in [4.69, 9.17) is 35.9 Å². The molecule has 4 rings (SSSR count). The molecule has 4 heterocycles. The van der Waals surface area contributed by atoms with Gasteiger partial charge in [0.05, 0.1) is 11.4 Å². The zero-order chi connectivity index (χ0) is 50.6. The molecule has 389 valence electrons. The Kier molecular flexibility index (Phi) is 25.5. The number of halogens is 6. The third-order valence-electron chi connectivity index (χ3n) is 12.1. The molecule has 0 bridgehead atoms. The maximum Gasteiger partial charge on any atom is 0.522 e. The molecule has 2 fully saturated rings. The fraction of sp³-hybridized carbons (Fsp3) is 0.783. The Balaban J connectivity index is 0.00000112. The van der Waals surface area contributed by atoms with Gasteiger partial charge in [-0.05, 0) is 135 Å². The number of alkyl halides is 6. The van der Waals surface area contributed by atoms with Gasteiger partial charge in [0.25, 0.3) is 0 Å². The molecular weight excluding hydrogens is 994 g/mol. The quantitative estimate of drug-likeness (QED) is 0.0604. The van der Waals surface area contributed by atoms with Crippen molar-refractivity contribution in [1.29, 1.82) is 0 Å². The van der Waals surface area contributed by atoms with Gasteiger partial charge in [0.15, 0.2) is 0 Å². The Bertz CT molecular complexity index is 1820. The van der Waals surface area contributed by atoms with Crippen molar-refractivity contribution in [3.63, 3.8) is 0 Å². The van der Waals surface area contributed by atoms with Gasteiger partial charge >= 0.3 is 31.3 Å². The maximum absolute atomic E-state index is 10.7. The molecule has 0 aromatic carbocycles. The van der Waals surface area contributed by atoms with E-state index < -0.39 is 47.4 Å². The molecular formula is C46H80F6MnN4O6S2Si2. The van der Waals surface area contributed by atoms with Gasteiger partial charge in [-0.2, -0.15) is 43.2 Å². The Morgan fingerprint density at radius 2 is 0.776 bits per heavy atom. The van der Waals surface area contributed by atoms with Gasteiger partial charge in [0.2, 0.25) is 0 Å². The van der Waals surface area contributed by atoms with Crippen LogP contribution in [0.25, 0.3) is 0 Å². The molecule has 2 saturated heterocycles. The minimum atomic E-state index is -5.84. The standard InChI is InChI=1S/C44H78N4Si2.2CHF3O3S.Mn/c1-33(2)27-49(28-34(3)4,29-35(5)6)43-21-13-17-39(45-43)25-47-23-15-19-41(47)42-20-16-24-48(42)26-40-18-14-22-44(46-40)50(30-36(7)8,31-37(9)10)32-38(11)12;2*2-1(3,4)8(5,6)7;/h13-14,17-18,21-22,33-38,41-42H,15-16,19-20,23-32H2,1-12H3;2*(H,5,6,7);/t41-,42-;;;/m0.../s1. The van der Waals surface area contributed by atoms with E-state index in [-0.39, 0.29) is 17.1 Å². The van der Waals surface area contributed by atoms with Crippen molar-refractivity contribution in [2.45, 2.75) is 181 Å². The van der Waals surface area contributed by atoms with Crippen LogP contribution in [0.4, 0.5) is 26.3 Å². The first-order valence-corrected chi connectivity index (χ1v) is 31.7. The molecule has 1 radical (unpaired) electrons. The van der Waals surface area contributed by atoms with E-state index in [0.717, 1.165) is 48.6 Å². The molecule has 2 N–H and O–H groups in total. The molecule has 2 aromatic rings. The number of hydrogen-bond donors (Lipinski definition) is 2. The first-order valence-electron chi connectivity index (χ1n) is 23.6. The monoisotopic (exact) mass is 1070 g/mol. The SMILES string of the molecule is CC(C)C[Si](CC(C)C)(CC(C)C)c1cccc(CN2CCC[C@H]2[C@@H]2CCCN2Cc2cccc([Si](CC(C)C)(CC(C)C)CC(C)C)n2)n1.O=S(=O)(O)C(F)(F)F.O=S(=O)(O)C(F)(F)F.[Mn]. The minimum absolute atomic E-state index is 0. The molecule has 0 unspecified atom stereocenters. The van der Waals surface area contributed by atoms with Crippen molar-refractivity contribution in [2.75, 3.05) is 13.1 Å². The summed E-state index contributed by atoms with van der Waals surface area (Å²) in [5, 5.41) is 2.98. The van der Waals surface area contributed by atoms with Gasteiger partial charge in [0, 0.05) is 52.9 Å². The average molecular weight is 1070 g/mol. The number of nitrogens with zero attached hydrogens (tertiary/aromatic N) is 4. The van der Waals surface area contributed by atoms with Crippen molar-refractivity contribution >= 4 is 47.0 Å². The molecule has 21 heteroatoms. The van der Waals surface area contributed by atoms with Crippen LogP contribution in [0.15, 0.2) is 36.4 Å². The molecule has 2 atom stereocenters. The second-order valence-corrected chi connectivity index (χ2v) is 32.8. The van der Waals surface area contributed by atoms with Crippen LogP contribution in [-0.2, 0) is 50.4 Å². The summed E-state index contributed by atoms with van der Waals surface area (Å²) in [5.41, 5.74) is -8.45. The summed E-state index contributed by atoms with van der Waals surface area (Å²) in [7, 11) is -15.1. The molecule has 0 saturated carbocycles. The number of hydrogen-bond acceptors (Lipinski definition) is 8. The number of likely N-dealkylation sites (tertiary alicyclic amines) is 2. The van der Waals surface area contributed by atoms with Gasteiger partial charge in [-0.3, -0.25) is 28.9 Å². The predicted molar refractivity (Wildman–Crippen MR) is 259 cm³/mol. The van der Waals surface area contributed by atoms with E-state index in [1.165, 1.54) is 97.1 Å². The van der Waals surface area contributed by atoms with Gasteiger partial charge in [0.1, 0.15) is 16.1 Å². The van der Waals surface area contributed by atoms with Crippen LogP contribution in [-0.4, -0.2) is 98.0 Å². The smallest absolute Gasteiger partial charge is 0.293 e. The summed E-state index contributed by atoms with van der Waals surface area (Å²) < 4.78 is 115. The summed E-state index contributed by atoms with van der Waals surface area (Å²) in [6.45, 7) is 33.6. The Labute approximate surface area is 411 Å². The first kappa shape index (κ1) is 63.6. The third-order valence-corrected chi connectivity index (χ3v) is 25.6. The fourth-order valence-electron chi connectivity index (χ4n) is 10.9. The van der Waals surface area contributed by atoms with Gasteiger partial charge in [-0.25, -0.2) is 0 Å². The number of rotatable bonds is 19. The van der Waals surface area contributed by atoms with E-state index in [0.29, 0.717) is 12.1 Å². The van der Waals surface area contributed by atoms with Crippen LogP contribution in [0.3, 0.4) is 0 Å². The first-order chi connectivity index (χ1) is 30.1. The number of pyridine rings is 2. The summed E-state index contributed by atoms with van der Waals surface area (Å²) in [4.78, 5) is 16.9. The molecule has 0 aliphatic carbocycles. The Morgan fingerprint density at radius 1 is 0.537 bits per heavy atom. The van der Waals surface area contributed by atoms with E-state index in [1.807, 2.05) is 0 Å². The van der Waals surface area contributed by atoms with Gasteiger partial charge in [-0.15, -0.1) is 0 Å². The van der Waals surface area contributed by atoms with Crippen LogP contribution in [0.2, 0.25) is 36.3 Å². The topological polar surface area (TPSA) is 141 Å². The largest absolute Gasteiger partial charge is 0.522 e. The number of aromatic nitrogens is 2. The zero-order valence-corrected chi connectivity index (χ0v) is 46.6. The van der Waals surface area contributed by atoms with Crippen LogP contribution in [0.1, 0.15) is 120 Å². The summed E-state index contributed by atoms with van der Waals surface area (Å²) in [6, 6.07) is 23.6. The normalized spacial score (nSPS) is 18.2. The van der Waals surface area contributed by atoms with Crippen LogP contribution < -0.4 is 10.6 Å². The van der Waals surface area contributed by atoms with Gasteiger partial charge in [-0.1, -0.05) is 95.2 Å². The summed E-state index contributed by atoms with van der Waals surface area (Å²) in [6.07, 6.45) is 5.24. The summed E-state index contributed by atoms with van der Waals surface area (Å²) >= 11 is 0. The van der Waals surface area contributed by atoms with E-state index in [9.17, 15) is 26.3 Å². The van der Waals surface area contributed by atoms with Crippen molar-refractivity contribution in [3.8, 4) is 0 Å². The van der Waals surface area contributed by atoms with E-state index >= 15 is 0 Å². The molecule has 67 heavy (non-hydrogen) atoms. The van der Waals surface area contributed by atoms with Crippen LogP contribution in [0, 0.1) is 35.5 Å². The van der Waals surface area contributed by atoms with E-state index in [1.54, 1.807) is 0 Å². The molecule has 0 spiro atoms. The molecule has 2 aliphatic heterocycles. The second kappa shape index (κ2) is 26.9. The average Bonchev–Trinajstić information content (AvgIpc) is 3.78. The zero-order valence-electron chi connectivity index (χ0n) is 41.8. The van der Waals surface area contributed by atoms with Gasteiger partial charge < -0.3 is 0 Å². The summed E-state index contributed by atoms with van der Waals surface area (Å²) in [5.74, 6) is 4.31. The van der Waals surface area contributed by atoms with Crippen LogP contribution >= 0.6 is 0 Å². The second-order valence-electron chi connectivity index (χ2n) is 21.4. The van der Waals surface area contributed by atoms with E-state index in [2.05, 4.69) is 129 Å². The molecule has 2 aliphatic rings. The Morgan fingerprint density at radius 3 is 0.985 bits per heavy atom. The molecule has 2 aromatic heterocycles. The third kappa shape index (κ3) is 20.7. The van der Waals surface area contributed by atoms with Crippen molar-refractivity contribution in [1.82, 2.24) is 19.8 Å². The van der Waals surface area contributed by atoms with Crippen molar-refractivity contribution in [3.05, 3.63) is 47.8 Å². The Hall–Kier alpha value is -1.43. The fourth-order valence-corrected chi connectivity index (χ4v) is 24.2. The maximum atomic E-state index is 10.7. The van der Waals surface area contributed by atoms with Crippen molar-refractivity contribution < 1.29 is 69.4 Å². The molecule has 0 amide bonds. The minimum Gasteiger partial charge on any atom is -0.293 e.